The van der Waals surface area contributed by atoms with E-state index in [4.69, 9.17) is 23.8 Å². The van der Waals surface area contributed by atoms with Crippen LogP contribution in [0.1, 0.15) is 0 Å². The van der Waals surface area contributed by atoms with E-state index in [1.165, 1.54) is 6.07 Å². The van der Waals surface area contributed by atoms with Gasteiger partial charge in [0.05, 0.1) is 10.6 Å². The minimum absolute atomic E-state index is 0.0519. The van der Waals surface area contributed by atoms with Gasteiger partial charge >= 0.3 is 0 Å². The molecule has 0 radical (unpaired) electrons. The Bertz CT molecular complexity index is 811. The third-order valence-corrected chi connectivity index (χ3v) is 3.45. The average molecular weight is 306 g/mol. The zero-order valence-corrected chi connectivity index (χ0v) is 11.7. The van der Waals surface area contributed by atoms with Gasteiger partial charge in [-0.15, -0.1) is 0 Å². The summed E-state index contributed by atoms with van der Waals surface area (Å²) in [4.78, 5) is 0. The maximum atomic E-state index is 14.2. The van der Waals surface area contributed by atoms with E-state index < -0.39 is 5.82 Å². The first-order chi connectivity index (χ1) is 9.68. The number of halogens is 2. The quantitative estimate of drug-likeness (QED) is 0.712. The van der Waals surface area contributed by atoms with Crippen LogP contribution in [0.4, 0.5) is 4.39 Å². The van der Waals surface area contributed by atoms with E-state index in [9.17, 15) is 4.39 Å². The van der Waals surface area contributed by atoms with Gasteiger partial charge in [-0.2, -0.15) is 5.10 Å². The summed E-state index contributed by atoms with van der Waals surface area (Å²) >= 11 is 11.0. The number of para-hydroxylation sites is 1. The number of aromatic nitrogens is 3. The van der Waals surface area contributed by atoms with Crippen LogP contribution in [0, 0.1) is 10.6 Å². The average Bonchev–Trinajstić information content (AvgIpc) is 2.84. The second kappa shape index (κ2) is 5.19. The zero-order chi connectivity index (χ0) is 14.1. The van der Waals surface area contributed by atoms with Crippen molar-refractivity contribution in [3.8, 4) is 17.1 Å². The van der Waals surface area contributed by atoms with Gasteiger partial charge < -0.3 is 0 Å². The highest BCUT2D eigenvalue weighted by Crippen LogP contribution is 2.27. The van der Waals surface area contributed by atoms with Crippen LogP contribution in [0.2, 0.25) is 5.02 Å². The van der Waals surface area contributed by atoms with Crippen LogP contribution >= 0.6 is 23.8 Å². The Morgan fingerprint density at radius 1 is 1.10 bits per heavy atom. The zero-order valence-electron chi connectivity index (χ0n) is 10.2. The maximum absolute atomic E-state index is 14.2. The predicted molar refractivity (Wildman–Crippen MR) is 79.2 cm³/mol. The van der Waals surface area contributed by atoms with E-state index in [-0.39, 0.29) is 5.02 Å². The van der Waals surface area contributed by atoms with Crippen LogP contribution in [-0.2, 0) is 0 Å². The fourth-order valence-electron chi connectivity index (χ4n) is 1.97. The van der Waals surface area contributed by atoms with E-state index in [0.717, 1.165) is 5.69 Å². The summed E-state index contributed by atoms with van der Waals surface area (Å²) in [5, 5.41) is 6.85. The largest absolute Gasteiger partial charge is 0.268 e. The van der Waals surface area contributed by atoms with Crippen molar-refractivity contribution in [3.05, 3.63) is 64.1 Å². The summed E-state index contributed by atoms with van der Waals surface area (Å²) in [5.41, 5.74) is 1.11. The van der Waals surface area contributed by atoms with Crippen molar-refractivity contribution in [1.82, 2.24) is 14.8 Å². The monoisotopic (exact) mass is 305 g/mol. The van der Waals surface area contributed by atoms with Crippen molar-refractivity contribution in [3.63, 3.8) is 0 Å². The van der Waals surface area contributed by atoms with E-state index >= 15 is 0 Å². The molecule has 100 valence electrons. The van der Waals surface area contributed by atoms with Gasteiger partial charge in [-0.25, -0.2) is 4.39 Å². The third kappa shape index (κ3) is 2.15. The molecule has 0 spiro atoms. The lowest BCUT2D eigenvalue weighted by molar-refractivity contribution is 0.630. The van der Waals surface area contributed by atoms with E-state index in [1.54, 1.807) is 16.7 Å². The topological polar surface area (TPSA) is 33.6 Å². The van der Waals surface area contributed by atoms with E-state index in [0.29, 0.717) is 16.2 Å². The Hall–Kier alpha value is -1.98. The Balaban J connectivity index is 2.27. The molecule has 0 aliphatic carbocycles. The molecule has 0 amide bonds. The first-order valence-corrected chi connectivity index (χ1v) is 6.64. The van der Waals surface area contributed by atoms with Crippen molar-refractivity contribution in [1.29, 1.82) is 0 Å². The van der Waals surface area contributed by atoms with Crippen LogP contribution < -0.4 is 0 Å². The molecule has 3 rings (SSSR count). The Morgan fingerprint density at radius 3 is 2.60 bits per heavy atom. The summed E-state index contributed by atoms with van der Waals surface area (Å²) in [7, 11) is 0. The number of hydrogen-bond acceptors (Lipinski definition) is 2. The molecule has 0 unspecified atom stereocenters. The summed E-state index contributed by atoms with van der Waals surface area (Å²) in [6.45, 7) is 0. The van der Waals surface area contributed by atoms with Crippen molar-refractivity contribution in [2.45, 2.75) is 0 Å². The van der Waals surface area contributed by atoms with Crippen LogP contribution in [0.3, 0.4) is 0 Å². The highest BCUT2D eigenvalue weighted by molar-refractivity contribution is 7.71. The third-order valence-electron chi connectivity index (χ3n) is 2.88. The minimum Gasteiger partial charge on any atom is -0.268 e. The van der Waals surface area contributed by atoms with Gasteiger partial charge in [0, 0.05) is 5.69 Å². The molecule has 0 saturated carbocycles. The second-order valence-corrected chi connectivity index (χ2v) is 4.92. The Labute approximate surface area is 124 Å². The molecule has 1 N–H and O–H groups in total. The molecule has 3 aromatic rings. The van der Waals surface area contributed by atoms with Crippen molar-refractivity contribution < 1.29 is 4.39 Å². The summed E-state index contributed by atoms with van der Waals surface area (Å²) in [6.07, 6.45) is 0. The van der Waals surface area contributed by atoms with Crippen LogP contribution in [-0.4, -0.2) is 14.8 Å². The van der Waals surface area contributed by atoms with Gasteiger partial charge in [-0.05, 0) is 36.5 Å². The molecule has 20 heavy (non-hydrogen) atoms. The molecule has 0 aliphatic heterocycles. The first kappa shape index (κ1) is 13.0. The Morgan fingerprint density at radius 2 is 1.85 bits per heavy atom. The van der Waals surface area contributed by atoms with Gasteiger partial charge in [0.2, 0.25) is 0 Å². The molecule has 2 aromatic carbocycles. The van der Waals surface area contributed by atoms with Gasteiger partial charge in [0.25, 0.3) is 0 Å². The van der Waals surface area contributed by atoms with Gasteiger partial charge in [0.1, 0.15) is 0 Å². The van der Waals surface area contributed by atoms with Crippen LogP contribution in [0.5, 0.6) is 0 Å². The second-order valence-electron chi connectivity index (χ2n) is 4.12. The molecule has 3 nitrogen and oxygen atoms in total. The number of aromatic amines is 1. The Kier molecular flexibility index (Phi) is 3.38. The molecule has 0 aliphatic rings. The standard InChI is InChI=1S/C14H9ClFN3S/c15-11-8-4-7-10(12(11)16)13-17-18-14(20)19(13)9-5-2-1-3-6-9/h1-8H,(H,18,20). The summed E-state index contributed by atoms with van der Waals surface area (Å²) in [5.74, 6) is -0.124. The molecule has 0 fully saturated rings. The van der Waals surface area contributed by atoms with Crippen molar-refractivity contribution >= 4 is 23.8 Å². The molecular weight excluding hydrogens is 297 g/mol. The SMILES string of the molecule is Fc1c(Cl)cccc1-c1n[nH]c(=S)n1-c1ccccc1. The summed E-state index contributed by atoms with van der Waals surface area (Å²) < 4.78 is 16.2. The highest BCUT2D eigenvalue weighted by Gasteiger charge is 2.16. The fraction of sp³-hybridized carbons (Fsp3) is 0. The molecular formula is C14H9ClFN3S. The molecule has 1 heterocycles. The number of hydrogen-bond donors (Lipinski definition) is 1. The lowest BCUT2D eigenvalue weighted by Gasteiger charge is -2.08. The number of H-pyrrole nitrogens is 1. The lowest BCUT2D eigenvalue weighted by Crippen LogP contribution is -1.99. The summed E-state index contributed by atoms with van der Waals surface area (Å²) in [6, 6.07) is 14.2. The van der Waals surface area contributed by atoms with Gasteiger partial charge in [0.15, 0.2) is 16.4 Å². The fourth-order valence-corrected chi connectivity index (χ4v) is 2.38. The van der Waals surface area contributed by atoms with Gasteiger partial charge in [-0.3, -0.25) is 9.67 Å². The molecule has 0 atom stereocenters. The van der Waals surface area contributed by atoms with E-state index in [2.05, 4.69) is 10.2 Å². The number of nitrogens with zero attached hydrogens (tertiary/aromatic N) is 2. The van der Waals surface area contributed by atoms with Crippen LogP contribution in [0.25, 0.3) is 17.1 Å². The maximum Gasteiger partial charge on any atom is 0.200 e. The smallest absolute Gasteiger partial charge is 0.200 e. The number of benzene rings is 2. The van der Waals surface area contributed by atoms with E-state index in [1.807, 2.05) is 30.3 Å². The number of nitrogens with one attached hydrogen (secondary N) is 1. The normalized spacial score (nSPS) is 10.7. The molecule has 0 saturated heterocycles. The number of rotatable bonds is 2. The molecule has 0 bridgehead atoms. The minimum atomic E-state index is -0.514. The molecule has 6 heteroatoms. The van der Waals surface area contributed by atoms with Gasteiger partial charge in [-0.1, -0.05) is 35.9 Å². The van der Waals surface area contributed by atoms with Crippen LogP contribution in [0.15, 0.2) is 48.5 Å². The highest BCUT2D eigenvalue weighted by atomic mass is 35.5. The van der Waals surface area contributed by atoms with Crippen molar-refractivity contribution in [2.75, 3.05) is 0 Å². The lowest BCUT2D eigenvalue weighted by atomic mass is 10.2. The predicted octanol–water partition coefficient (Wildman–Crippen LogP) is 4.39. The van der Waals surface area contributed by atoms with Crippen molar-refractivity contribution in [2.24, 2.45) is 0 Å². The first-order valence-electron chi connectivity index (χ1n) is 5.85. The molecule has 1 aromatic heterocycles.